The summed E-state index contributed by atoms with van der Waals surface area (Å²) in [4.78, 5) is 19.3. The van der Waals surface area contributed by atoms with Crippen molar-refractivity contribution in [2.75, 3.05) is 4.72 Å². The standard InChI is InChI=1S/C20H9F5IN3OS/c21-8-1-2-10(22)14(5-8)31-29-13-4-3-11(23)16(17(13)25)19(30)9-6-27-20-15(9)18(26)12(24)7-28-20/h1-7,29H,(H,27,28). The average molecular weight is 561 g/mol. The molecular weight excluding hydrogens is 552 g/mol. The van der Waals surface area contributed by atoms with E-state index in [4.69, 9.17) is 0 Å². The van der Waals surface area contributed by atoms with Crippen LogP contribution in [0.15, 0.2) is 47.6 Å². The molecule has 2 aromatic carbocycles. The summed E-state index contributed by atoms with van der Waals surface area (Å²) in [7, 11) is 0. The quantitative estimate of drug-likeness (QED) is 0.132. The number of nitrogens with one attached hydrogen (secondary N) is 2. The van der Waals surface area contributed by atoms with Crippen molar-refractivity contribution in [1.82, 2.24) is 9.97 Å². The molecule has 0 aliphatic heterocycles. The molecule has 2 N–H and O–H groups in total. The molecule has 4 nitrogen and oxygen atoms in total. The van der Waals surface area contributed by atoms with E-state index in [-0.39, 0.29) is 30.7 Å². The van der Waals surface area contributed by atoms with Gasteiger partial charge in [0.1, 0.15) is 23.1 Å². The fourth-order valence-corrected chi connectivity index (χ4v) is 4.25. The minimum Gasteiger partial charge on any atom is -0.345 e. The zero-order valence-corrected chi connectivity index (χ0v) is 18.0. The van der Waals surface area contributed by atoms with Gasteiger partial charge in [0.2, 0.25) is 5.78 Å². The lowest BCUT2D eigenvalue weighted by atomic mass is 10.0. The van der Waals surface area contributed by atoms with Gasteiger partial charge in [-0.3, -0.25) is 4.79 Å². The number of benzene rings is 2. The molecule has 0 saturated carbocycles. The molecule has 31 heavy (non-hydrogen) atoms. The van der Waals surface area contributed by atoms with E-state index in [0.717, 1.165) is 36.5 Å². The van der Waals surface area contributed by atoms with E-state index in [9.17, 15) is 22.4 Å². The number of hydrogen-bond acceptors (Lipinski definition) is 4. The number of anilines is 1. The lowest BCUT2D eigenvalue weighted by Gasteiger charge is -2.11. The third kappa shape index (κ3) is 3.99. The van der Waals surface area contributed by atoms with Crippen LogP contribution in [0, 0.1) is 32.7 Å². The molecule has 4 rings (SSSR count). The Labute approximate surface area is 189 Å². The lowest BCUT2D eigenvalue weighted by molar-refractivity contribution is 0.103. The van der Waals surface area contributed by atoms with Gasteiger partial charge in [-0.25, -0.2) is 26.9 Å². The van der Waals surface area contributed by atoms with E-state index in [0.29, 0.717) is 11.9 Å². The SMILES string of the molecule is O=C(c1c(F)ccc(NSc2cc(F)ccc2F)c1F)c1c[nH]c2ncc(F)c(I)c12. The smallest absolute Gasteiger partial charge is 0.201 e. The normalized spacial score (nSPS) is 11.2. The van der Waals surface area contributed by atoms with Gasteiger partial charge in [0, 0.05) is 11.6 Å². The summed E-state index contributed by atoms with van der Waals surface area (Å²) in [6.45, 7) is 0. The van der Waals surface area contributed by atoms with Crippen LogP contribution in [0.5, 0.6) is 0 Å². The second kappa shape index (κ2) is 8.46. The number of nitrogens with zero attached hydrogens (tertiary/aromatic N) is 1. The minimum atomic E-state index is -1.23. The van der Waals surface area contributed by atoms with E-state index in [1.165, 1.54) is 6.20 Å². The number of pyridine rings is 1. The van der Waals surface area contributed by atoms with Crippen LogP contribution in [0.4, 0.5) is 27.6 Å². The van der Waals surface area contributed by atoms with Crippen LogP contribution in [0.2, 0.25) is 0 Å². The zero-order chi connectivity index (χ0) is 22.3. The number of fused-ring (bicyclic) bond motifs is 1. The third-order valence-corrected chi connectivity index (χ3v) is 6.23. The summed E-state index contributed by atoms with van der Waals surface area (Å²) in [5, 5.41) is 0.0963. The van der Waals surface area contributed by atoms with Crippen molar-refractivity contribution in [2.24, 2.45) is 0 Å². The summed E-state index contributed by atoms with van der Waals surface area (Å²) in [6, 6.07) is 4.61. The van der Waals surface area contributed by atoms with Crippen LogP contribution in [-0.4, -0.2) is 15.8 Å². The van der Waals surface area contributed by atoms with Crippen molar-refractivity contribution in [3.63, 3.8) is 0 Å². The molecule has 0 radical (unpaired) electrons. The second-order valence-corrected chi connectivity index (χ2v) is 8.16. The second-order valence-electron chi connectivity index (χ2n) is 6.24. The number of carbonyl (C=O) groups excluding carboxylic acids is 1. The number of halogens is 6. The number of rotatable bonds is 5. The molecule has 0 saturated heterocycles. The molecule has 0 fully saturated rings. The first-order valence-corrected chi connectivity index (χ1v) is 10.4. The Balaban J connectivity index is 1.72. The molecule has 0 spiro atoms. The molecule has 158 valence electrons. The van der Waals surface area contributed by atoms with Gasteiger partial charge in [-0.05, 0) is 64.9 Å². The molecule has 4 aromatic rings. The topological polar surface area (TPSA) is 57.8 Å². The van der Waals surface area contributed by atoms with E-state index < -0.39 is 40.4 Å². The first-order chi connectivity index (χ1) is 14.8. The summed E-state index contributed by atoms with van der Waals surface area (Å²) < 4.78 is 73.0. The zero-order valence-electron chi connectivity index (χ0n) is 15.1. The number of ketones is 1. The van der Waals surface area contributed by atoms with Crippen molar-refractivity contribution in [2.45, 2.75) is 4.90 Å². The molecule has 0 atom stereocenters. The number of hydrogen-bond donors (Lipinski definition) is 2. The Morgan fingerprint density at radius 2 is 1.77 bits per heavy atom. The van der Waals surface area contributed by atoms with Crippen molar-refractivity contribution in [1.29, 1.82) is 0 Å². The number of H-pyrrole nitrogens is 1. The molecule has 0 aliphatic rings. The van der Waals surface area contributed by atoms with Crippen molar-refractivity contribution in [3.05, 3.63) is 86.5 Å². The molecule has 0 amide bonds. The number of aromatic amines is 1. The minimum absolute atomic E-state index is 0.0689. The van der Waals surface area contributed by atoms with E-state index in [2.05, 4.69) is 14.7 Å². The van der Waals surface area contributed by atoms with E-state index in [1.54, 1.807) is 22.6 Å². The summed E-state index contributed by atoms with van der Waals surface area (Å²) in [5.41, 5.74) is -1.19. The van der Waals surface area contributed by atoms with Gasteiger partial charge in [-0.1, -0.05) is 0 Å². The first-order valence-electron chi connectivity index (χ1n) is 8.49. The molecular formula is C20H9F5IN3OS. The molecule has 11 heteroatoms. The van der Waals surface area contributed by atoms with Gasteiger partial charge in [0.25, 0.3) is 0 Å². The van der Waals surface area contributed by atoms with Crippen LogP contribution in [0.1, 0.15) is 15.9 Å². The Morgan fingerprint density at radius 3 is 2.55 bits per heavy atom. The molecule has 0 unspecified atom stereocenters. The lowest BCUT2D eigenvalue weighted by Crippen LogP contribution is -2.09. The van der Waals surface area contributed by atoms with Gasteiger partial charge in [-0.2, -0.15) is 0 Å². The summed E-state index contributed by atoms with van der Waals surface area (Å²) in [6.07, 6.45) is 2.15. The van der Waals surface area contributed by atoms with Gasteiger partial charge < -0.3 is 9.71 Å². The average Bonchev–Trinajstić information content (AvgIpc) is 3.17. The van der Waals surface area contributed by atoms with Gasteiger partial charge >= 0.3 is 0 Å². The Kier molecular flexibility index (Phi) is 5.88. The monoisotopic (exact) mass is 561 g/mol. The van der Waals surface area contributed by atoms with E-state index >= 15 is 4.39 Å². The maximum absolute atomic E-state index is 15.0. The highest BCUT2D eigenvalue weighted by molar-refractivity contribution is 14.1. The van der Waals surface area contributed by atoms with Crippen LogP contribution >= 0.6 is 34.5 Å². The number of aromatic nitrogens is 2. The first kappa shape index (κ1) is 21.6. The Morgan fingerprint density at radius 1 is 1.03 bits per heavy atom. The van der Waals surface area contributed by atoms with Crippen LogP contribution in [-0.2, 0) is 0 Å². The van der Waals surface area contributed by atoms with E-state index in [1.807, 2.05) is 0 Å². The van der Waals surface area contributed by atoms with Gasteiger partial charge in [0.15, 0.2) is 11.6 Å². The van der Waals surface area contributed by atoms with Crippen molar-refractivity contribution < 1.29 is 26.7 Å². The van der Waals surface area contributed by atoms with Crippen molar-refractivity contribution in [3.8, 4) is 0 Å². The third-order valence-electron chi connectivity index (χ3n) is 4.32. The molecule has 0 bridgehead atoms. The van der Waals surface area contributed by atoms with Crippen LogP contribution in [0.3, 0.4) is 0 Å². The highest BCUT2D eigenvalue weighted by Crippen LogP contribution is 2.32. The maximum Gasteiger partial charge on any atom is 0.201 e. The number of carbonyl (C=O) groups is 1. The highest BCUT2D eigenvalue weighted by Gasteiger charge is 2.26. The van der Waals surface area contributed by atoms with Gasteiger partial charge in [0.05, 0.1) is 31.5 Å². The van der Waals surface area contributed by atoms with Gasteiger partial charge in [-0.15, -0.1) is 0 Å². The largest absolute Gasteiger partial charge is 0.345 e. The Bertz CT molecular complexity index is 1340. The Hall–Kier alpha value is -2.67. The predicted octanol–water partition coefficient (Wildman–Crippen LogP) is 6.21. The molecule has 2 heterocycles. The fourth-order valence-electron chi connectivity index (χ4n) is 2.85. The van der Waals surface area contributed by atoms with Crippen LogP contribution in [0.25, 0.3) is 11.0 Å². The summed E-state index contributed by atoms with van der Waals surface area (Å²) >= 11 is 2.22. The molecule has 2 aromatic heterocycles. The molecule has 0 aliphatic carbocycles. The van der Waals surface area contributed by atoms with Crippen LogP contribution < -0.4 is 4.72 Å². The fraction of sp³-hybridized carbons (Fsp3) is 0. The highest BCUT2D eigenvalue weighted by atomic mass is 127. The maximum atomic E-state index is 15.0. The van der Waals surface area contributed by atoms with Crippen molar-refractivity contribution >= 4 is 57.0 Å². The summed E-state index contributed by atoms with van der Waals surface area (Å²) in [5.74, 6) is -5.54. The predicted molar refractivity (Wildman–Crippen MR) is 114 cm³/mol.